The molecular formula is C84H119N19O21. The van der Waals surface area contributed by atoms with E-state index < -0.39 is 217 Å². The summed E-state index contributed by atoms with van der Waals surface area (Å²) in [6.07, 6.45) is -1.00. The van der Waals surface area contributed by atoms with Crippen molar-refractivity contribution >= 4 is 122 Å². The normalized spacial score (nSPS) is 17.0. The number of primary amides is 2. The van der Waals surface area contributed by atoms with E-state index in [1.165, 1.54) is 43.0 Å². The fourth-order valence-electron chi connectivity index (χ4n) is 15.0. The number of nitrogens with two attached hydrogens (primary N) is 4. The second kappa shape index (κ2) is 46.6. The van der Waals surface area contributed by atoms with Crippen molar-refractivity contribution in [3.8, 4) is 5.75 Å². The van der Waals surface area contributed by atoms with Crippen molar-refractivity contribution in [3.05, 3.63) is 102 Å². The van der Waals surface area contributed by atoms with Gasteiger partial charge in [-0.3, -0.25) is 76.7 Å². The standard InChI is InChI=1S/C84H119N19O21/c1-42(2)31-56(73(112)95-60(36-49-41-90-54-20-12-10-18-52(49)54)76(115)98-62(33-44(5)6)82(121)102-29-16-23-66(102)80(119)100-64(84(123)124)38-68(88)107)93-72(111)55(21-13-14-28-85)91-81(120)70(46(8)104)101-78(117)57(32-43(3)4)97-79(118)65-22-15-30-103(65)83(122)63(39-69(108)109)99-74(113)58(34-47-24-26-50(105)27-25-47)94-75(114)59(35-48-40-89-53-19-11-9-17-51(48)53)96-77(116)61(37-67(87)106)92-71(110)45(7)86/h9-12,17-20,24-27,40-46,55-66,70,89-90,104-105H,13-16,21-23,28-39,85-86H2,1-8H3,(H2,87,106)(H2,88,107)(H,91,120)(H,92,110)(H,93,111)(H,94,114)(H,95,112)(H,96,116)(H,97,118)(H,98,115)(H,99,113)(H,100,119)(H,101,117)(H,108,109)(H,123,124)/t45-,46+,55-,56-,57-,58-,59-,60-,61-,62-,63-,64-,65-,66-,70-/m0/s1. The Kier molecular flexibility index (Phi) is 37.0. The number of benzene rings is 3. The van der Waals surface area contributed by atoms with Gasteiger partial charge < -0.3 is 122 Å². The first kappa shape index (κ1) is 98.5. The number of aliphatic hydroxyl groups is 1. The number of aromatic amines is 2. The van der Waals surface area contributed by atoms with Crippen LogP contribution in [0.4, 0.5) is 0 Å². The molecule has 7 rings (SSSR count). The van der Waals surface area contributed by atoms with Crippen molar-refractivity contribution in [2.24, 2.45) is 40.7 Å². The number of amides is 15. The summed E-state index contributed by atoms with van der Waals surface area (Å²) >= 11 is 0. The number of carbonyl (C=O) groups excluding carboxylic acids is 15. The summed E-state index contributed by atoms with van der Waals surface area (Å²) < 4.78 is 0. The van der Waals surface area contributed by atoms with E-state index in [-0.39, 0.29) is 107 Å². The van der Waals surface area contributed by atoms with Gasteiger partial charge in [0, 0.05) is 66.6 Å². The number of rotatable bonds is 48. The average Bonchev–Trinajstić information content (AvgIpc) is 1.65. The first-order valence-electron chi connectivity index (χ1n) is 41.6. The van der Waals surface area contributed by atoms with E-state index in [4.69, 9.17) is 22.9 Å². The minimum absolute atomic E-state index is 0.0361. The molecule has 0 aliphatic carbocycles. The molecule has 2 aromatic heterocycles. The number of hydrogen-bond donors (Lipinski definition) is 21. The molecule has 2 aliphatic rings. The number of phenols is 1. The van der Waals surface area contributed by atoms with Crippen LogP contribution in [0.25, 0.3) is 21.8 Å². The summed E-state index contributed by atoms with van der Waals surface area (Å²) in [5.74, 6) is -18.6. The van der Waals surface area contributed by atoms with Crippen molar-refractivity contribution < 1.29 is 102 Å². The van der Waals surface area contributed by atoms with Crippen LogP contribution < -0.4 is 81.4 Å². The van der Waals surface area contributed by atoms with Crippen molar-refractivity contribution in [2.45, 2.75) is 249 Å². The maximum atomic E-state index is 15.0. The molecule has 40 heteroatoms. The summed E-state index contributed by atoms with van der Waals surface area (Å²) in [4.78, 5) is 246. The van der Waals surface area contributed by atoms with Gasteiger partial charge in [0.15, 0.2) is 0 Å². The number of para-hydroxylation sites is 2. The second-order valence-electron chi connectivity index (χ2n) is 33.0. The number of carboxylic acid groups (broad SMARTS) is 2. The number of nitrogens with one attached hydrogen (secondary N) is 13. The maximum absolute atomic E-state index is 15.0. The highest BCUT2D eigenvalue weighted by Crippen LogP contribution is 2.27. The molecule has 25 N–H and O–H groups in total. The molecule has 0 unspecified atom stereocenters. The smallest absolute Gasteiger partial charge is 0.326 e. The number of likely N-dealkylation sites (tertiary alicyclic amines) is 2. The molecule has 2 fully saturated rings. The zero-order valence-electron chi connectivity index (χ0n) is 70.8. The molecule has 2 saturated heterocycles. The Morgan fingerprint density at radius 1 is 0.435 bits per heavy atom. The van der Waals surface area contributed by atoms with E-state index in [2.05, 4.69) is 68.5 Å². The fraction of sp³-hybridized carbons (Fsp3) is 0.536. The van der Waals surface area contributed by atoms with Crippen molar-refractivity contribution in [1.29, 1.82) is 0 Å². The van der Waals surface area contributed by atoms with Crippen molar-refractivity contribution in [1.82, 2.24) is 78.3 Å². The molecule has 676 valence electrons. The topological polar surface area (TPSA) is 646 Å². The number of aliphatic carboxylic acids is 2. The Morgan fingerprint density at radius 3 is 1.28 bits per heavy atom. The van der Waals surface area contributed by atoms with E-state index in [1.54, 1.807) is 102 Å². The molecule has 124 heavy (non-hydrogen) atoms. The minimum atomic E-state index is -1.95. The lowest BCUT2D eigenvalue weighted by atomic mass is 9.98. The van der Waals surface area contributed by atoms with Crippen LogP contribution in [0.2, 0.25) is 0 Å². The van der Waals surface area contributed by atoms with E-state index >= 15 is 0 Å². The molecule has 0 radical (unpaired) electrons. The van der Waals surface area contributed by atoms with Gasteiger partial charge in [0.05, 0.1) is 31.4 Å². The van der Waals surface area contributed by atoms with Gasteiger partial charge >= 0.3 is 11.9 Å². The lowest BCUT2D eigenvalue weighted by molar-refractivity contribution is -0.146. The third kappa shape index (κ3) is 29.0. The van der Waals surface area contributed by atoms with E-state index in [0.717, 1.165) is 4.90 Å². The highest BCUT2D eigenvalue weighted by molar-refractivity contribution is 6.02. The van der Waals surface area contributed by atoms with Crippen LogP contribution in [0.15, 0.2) is 85.2 Å². The van der Waals surface area contributed by atoms with Crippen molar-refractivity contribution in [3.63, 3.8) is 0 Å². The Labute approximate surface area is 716 Å². The number of fused-ring (bicyclic) bond motifs is 2. The summed E-state index contributed by atoms with van der Waals surface area (Å²) in [7, 11) is 0. The second-order valence-corrected chi connectivity index (χ2v) is 33.0. The predicted molar refractivity (Wildman–Crippen MR) is 451 cm³/mol. The molecule has 15 atom stereocenters. The van der Waals surface area contributed by atoms with Gasteiger partial charge in [0.25, 0.3) is 0 Å². The van der Waals surface area contributed by atoms with Gasteiger partial charge in [-0.2, -0.15) is 0 Å². The van der Waals surface area contributed by atoms with Crippen LogP contribution in [-0.4, -0.2) is 251 Å². The number of aromatic nitrogens is 2. The number of hydrogen-bond acceptors (Lipinski definition) is 21. The molecule has 5 aromatic rings. The highest BCUT2D eigenvalue weighted by Gasteiger charge is 2.45. The van der Waals surface area contributed by atoms with Gasteiger partial charge in [-0.25, -0.2) is 4.79 Å². The average molecular weight is 1730 g/mol. The first-order valence-corrected chi connectivity index (χ1v) is 41.6. The quantitative estimate of drug-likeness (QED) is 0.0187. The molecule has 2 aliphatic heterocycles. The lowest BCUT2D eigenvalue weighted by Crippen LogP contribution is -2.62. The fourth-order valence-corrected chi connectivity index (χ4v) is 15.0. The number of aliphatic hydroxyl groups excluding tert-OH is 1. The number of carboxylic acids is 2. The predicted octanol–water partition coefficient (Wildman–Crippen LogP) is -2.00. The minimum Gasteiger partial charge on any atom is -0.508 e. The number of unbranched alkanes of at least 4 members (excludes halogenated alkanes) is 1. The Balaban J connectivity index is 1.09. The van der Waals surface area contributed by atoms with Crippen LogP contribution >= 0.6 is 0 Å². The third-order valence-electron chi connectivity index (χ3n) is 21.3. The van der Waals surface area contributed by atoms with Gasteiger partial charge in [0.2, 0.25) is 88.6 Å². The van der Waals surface area contributed by atoms with Crippen LogP contribution in [-0.2, 0) is 101 Å². The number of phenolic OH excluding ortho intramolecular Hbond substituents is 1. The van der Waals surface area contributed by atoms with Gasteiger partial charge in [0.1, 0.15) is 84.3 Å². The van der Waals surface area contributed by atoms with E-state index in [0.29, 0.717) is 51.3 Å². The molecule has 4 heterocycles. The molecule has 0 spiro atoms. The van der Waals surface area contributed by atoms with Crippen LogP contribution in [0.1, 0.15) is 156 Å². The van der Waals surface area contributed by atoms with Gasteiger partial charge in [-0.1, -0.05) is 90.1 Å². The van der Waals surface area contributed by atoms with E-state index in [1.807, 2.05) is 0 Å². The van der Waals surface area contributed by atoms with Gasteiger partial charge in [-0.05, 0) is 143 Å². The van der Waals surface area contributed by atoms with Crippen LogP contribution in [0, 0.1) is 17.8 Å². The Bertz CT molecular complexity index is 4640. The number of carbonyl (C=O) groups is 17. The Morgan fingerprint density at radius 2 is 0.823 bits per heavy atom. The molecule has 0 saturated carbocycles. The van der Waals surface area contributed by atoms with E-state index in [9.17, 15) is 102 Å². The molecule has 40 nitrogen and oxygen atoms in total. The zero-order chi connectivity index (χ0) is 91.5. The molecule has 0 bridgehead atoms. The summed E-state index contributed by atoms with van der Waals surface area (Å²) in [5, 5.41) is 71.3. The highest BCUT2D eigenvalue weighted by atomic mass is 16.4. The number of aromatic hydroxyl groups is 1. The Hall–Kier alpha value is -12.6. The number of H-pyrrole nitrogens is 2. The molecule has 3 aromatic carbocycles. The third-order valence-corrected chi connectivity index (χ3v) is 21.3. The monoisotopic (exact) mass is 1730 g/mol. The largest absolute Gasteiger partial charge is 0.508 e. The summed E-state index contributed by atoms with van der Waals surface area (Å²) in [6.45, 7) is 13.0. The summed E-state index contributed by atoms with van der Waals surface area (Å²) in [6, 6.07) is -1.92. The first-order chi connectivity index (χ1) is 58.6. The van der Waals surface area contributed by atoms with Crippen LogP contribution in [0.3, 0.4) is 0 Å². The molecular weight excluding hydrogens is 1610 g/mol. The zero-order valence-corrected chi connectivity index (χ0v) is 70.8. The number of nitrogens with zero attached hydrogens (tertiary/aromatic N) is 2. The lowest BCUT2D eigenvalue weighted by Gasteiger charge is -2.31. The maximum Gasteiger partial charge on any atom is 0.326 e. The SMILES string of the molecule is CC(C)C[C@H](NC(=O)[C@H](CCCCN)NC(=O)[C@@H](NC(=O)[C@H](CC(C)C)NC(=O)[C@@H]1CCCN1C(=O)[C@H](CC(=O)O)NC(=O)[C@H](Cc1ccc(O)cc1)NC(=O)[C@H](Cc1c[nH]c2ccccc12)NC(=O)[C@H](CC(N)=O)NC(=O)[C@H](C)N)[C@@H](C)O)C(=O)N[C@@H](Cc1c[nH]c2ccccc12)C(=O)N[C@@H](CC(C)C)C(=O)N1CCC[C@H]1C(=O)N[C@@H](CC(N)=O)C(=O)O. The van der Waals surface area contributed by atoms with Gasteiger partial charge in [-0.15, -0.1) is 0 Å². The van der Waals surface area contributed by atoms with Crippen molar-refractivity contribution in [2.75, 3.05) is 19.6 Å². The summed E-state index contributed by atoms with van der Waals surface area (Å²) in [5.41, 5.74) is 25.1. The molecule has 15 amide bonds. The van der Waals surface area contributed by atoms with Crippen LogP contribution in [0.5, 0.6) is 5.75 Å².